The first-order valence-electron chi connectivity index (χ1n) is 5.12. The largest absolute Gasteiger partial charge is 0.481 e. The Morgan fingerprint density at radius 1 is 1.33 bits per heavy atom. The van der Waals surface area contributed by atoms with Crippen LogP contribution in [0.5, 0.6) is 0 Å². The normalized spacial score (nSPS) is 14.5. The van der Waals surface area contributed by atoms with Crippen LogP contribution in [0.1, 0.15) is 31.9 Å². The first-order chi connectivity index (χ1) is 7.09. The number of hydrogen-bond donors (Lipinski definition) is 2. The second kappa shape index (κ2) is 5.51. The minimum Gasteiger partial charge on any atom is -0.481 e. The van der Waals surface area contributed by atoms with Crippen LogP contribution in [0.2, 0.25) is 0 Å². The number of carboxylic acids is 1. The number of carbonyl (C=O) groups is 1. The lowest BCUT2D eigenvalue weighted by Gasteiger charge is -2.18. The fourth-order valence-electron chi connectivity index (χ4n) is 1.59. The molecule has 0 fully saturated rings. The van der Waals surface area contributed by atoms with Crippen molar-refractivity contribution in [2.75, 3.05) is 0 Å². The number of carboxylic acid groups (broad SMARTS) is 1. The maximum atomic E-state index is 10.5. The SMILES string of the molecule is CC(N[C@@H](C)CC(=O)O)c1ccccc1. The predicted molar refractivity (Wildman–Crippen MR) is 59.7 cm³/mol. The molecule has 2 atom stereocenters. The van der Waals surface area contributed by atoms with Crippen molar-refractivity contribution in [2.24, 2.45) is 0 Å². The van der Waals surface area contributed by atoms with Crippen LogP contribution >= 0.6 is 0 Å². The molecule has 0 saturated heterocycles. The Balaban J connectivity index is 2.49. The van der Waals surface area contributed by atoms with E-state index in [1.165, 1.54) is 5.56 Å². The molecule has 0 spiro atoms. The van der Waals surface area contributed by atoms with Crippen LogP contribution in [0.4, 0.5) is 0 Å². The van der Waals surface area contributed by atoms with Gasteiger partial charge in [-0.2, -0.15) is 0 Å². The van der Waals surface area contributed by atoms with E-state index in [1.807, 2.05) is 44.2 Å². The second-order valence-corrected chi connectivity index (χ2v) is 3.80. The molecule has 0 aromatic heterocycles. The summed E-state index contributed by atoms with van der Waals surface area (Å²) in [4.78, 5) is 10.5. The Kier molecular flexibility index (Phi) is 4.31. The van der Waals surface area contributed by atoms with Crippen LogP contribution in [-0.2, 0) is 4.79 Å². The number of nitrogens with one attached hydrogen (secondary N) is 1. The third-order valence-electron chi connectivity index (χ3n) is 2.31. The lowest BCUT2D eigenvalue weighted by atomic mass is 10.1. The van der Waals surface area contributed by atoms with Crippen LogP contribution < -0.4 is 5.32 Å². The number of aliphatic carboxylic acids is 1. The number of hydrogen-bond acceptors (Lipinski definition) is 2. The van der Waals surface area contributed by atoms with Gasteiger partial charge in [-0.05, 0) is 19.4 Å². The van der Waals surface area contributed by atoms with Crippen molar-refractivity contribution in [3.05, 3.63) is 35.9 Å². The summed E-state index contributed by atoms with van der Waals surface area (Å²) in [7, 11) is 0. The molecule has 15 heavy (non-hydrogen) atoms. The molecule has 0 saturated carbocycles. The average Bonchev–Trinajstić information content (AvgIpc) is 2.17. The zero-order valence-electron chi connectivity index (χ0n) is 9.10. The topological polar surface area (TPSA) is 49.3 Å². The summed E-state index contributed by atoms with van der Waals surface area (Å²) in [5.74, 6) is -0.768. The van der Waals surface area contributed by atoms with Crippen molar-refractivity contribution < 1.29 is 9.90 Å². The summed E-state index contributed by atoms with van der Waals surface area (Å²) in [6.45, 7) is 3.92. The van der Waals surface area contributed by atoms with E-state index in [0.29, 0.717) is 0 Å². The van der Waals surface area contributed by atoms with Crippen molar-refractivity contribution in [1.82, 2.24) is 5.32 Å². The zero-order chi connectivity index (χ0) is 11.3. The van der Waals surface area contributed by atoms with Gasteiger partial charge < -0.3 is 10.4 Å². The molecule has 1 rings (SSSR count). The van der Waals surface area contributed by atoms with Gasteiger partial charge in [-0.3, -0.25) is 4.79 Å². The van der Waals surface area contributed by atoms with Gasteiger partial charge in [-0.25, -0.2) is 0 Å². The van der Waals surface area contributed by atoms with Crippen molar-refractivity contribution in [2.45, 2.75) is 32.4 Å². The molecule has 1 aromatic rings. The smallest absolute Gasteiger partial charge is 0.304 e. The van der Waals surface area contributed by atoms with Gasteiger partial charge in [0.15, 0.2) is 0 Å². The second-order valence-electron chi connectivity index (χ2n) is 3.80. The van der Waals surface area contributed by atoms with Gasteiger partial charge in [0.05, 0.1) is 6.42 Å². The molecule has 0 amide bonds. The average molecular weight is 207 g/mol. The Labute approximate surface area is 90.1 Å². The van der Waals surface area contributed by atoms with Gasteiger partial charge in [0, 0.05) is 12.1 Å². The molecular weight excluding hydrogens is 190 g/mol. The Bertz CT molecular complexity index is 311. The fourth-order valence-corrected chi connectivity index (χ4v) is 1.59. The Morgan fingerprint density at radius 2 is 1.93 bits per heavy atom. The standard InChI is InChI=1S/C12H17NO2/c1-9(8-12(14)15)13-10(2)11-6-4-3-5-7-11/h3-7,9-10,13H,8H2,1-2H3,(H,14,15)/t9-,10?/m0/s1. The molecule has 1 aromatic carbocycles. The first-order valence-corrected chi connectivity index (χ1v) is 5.12. The summed E-state index contributed by atoms with van der Waals surface area (Å²) in [5.41, 5.74) is 1.18. The number of benzene rings is 1. The van der Waals surface area contributed by atoms with E-state index in [-0.39, 0.29) is 18.5 Å². The molecule has 0 aliphatic carbocycles. The van der Waals surface area contributed by atoms with Gasteiger partial charge in [0.1, 0.15) is 0 Å². The van der Waals surface area contributed by atoms with E-state index in [4.69, 9.17) is 5.11 Å². The molecule has 0 radical (unpaired) electrons. The molecule has 3 nitrogen and oxygen atoms in total. The highest BCUT2D eigenvalue weighted by molar-refractivity contribution is 5.67. The third-order valence-corrected chi connectivity index (χ3v) is 2.31. The van der Waals surface area contributed by atoms with Crippen molar-refractivity contribution >= 4 is 5.97 Å². The summed E-state index contributed by atoms with van der Waals surface area (Å²) in [6, 6.07) is 10.2. The van der Waals surface area contributed by atoms with Crippen LogP contribution in [0.3, 0.4) is 0 Å². The maximum Gasteiger partial charge on any atom is 0.304 e. The summed E-state index contributed by atoms with van der Waals surface area (Å²) < 4.78 is 0. The Morgan fingerprint density at radius 3 is 2.47 bits per heavy atom. The van der Waals surface area contributed by atoms with E-state index in [2.05, 4.69) is 5.32 Å². The molecule has 1 unspecified atom stereocenters. The van der Waals surface area contributed by atoms with Crippen LogP contribution in [0, 0.1) is 0 Å². The van der Waals surface area contributed by atoms with Crippen LogP contribution in [0.15, 0.2) is 30.3 Å². The third kappa shape index (κ3) is 4.13. The van der Waals surface area contributed by atoms with E-state index < -0.39 is 5.97 Å². The van der Waals surface area contributed by atoms with Crippen molar-refractivity contribution in [3.63, 3.8) is 0 Å². The molecule has 3 heteroatoms. The van der Waals surface area contributed by atoms with Gasteiger partial charge in [-0.1, -0.05) is 30.3 Å². The molecular formula is C12H17NO2. The molecule has 82 valence electrons. The zero-order valence-corrected chi connectivity index (χ0v) is 9.10. The molecule has 0 heterocycles. The van der Waals surface area contributed by atoms with Crippen molar-refractivity contribution in [1.29, 1.82) is 0 Å². The highest BCUT2D eigenvalue weighted by atomic mass is 16.4. The van der Waals surface area contributed by atoms with E-state index in [1.54, 1.807) is 0 Å². The van der Waals surface area contributed by atoms with Gasteiger partial charge in [0.25, 0.3) is 0 Å². The summed E-state index contributed by atoms with van der Waals surface area (Å²) >= 11 is 0. The summed E-state index contributed by atoms with van der Waals surface area (Å²) in [6.07, 6.45) is 0.150. The number of rotatable bonds is 5. The van der Waals surface area contributed by atoms with Gasteiger partial charge >= 0.3 is 5.97 Å². The highest BCUT2D eigenvalue weighted by Crippen LogP contribution is 2.12. The minimum absolute atomic E-state index is 0.0160. The van der Waals surface area contributed by atoms with Crippen molar-refractivity contribution in [3.8, 4) is 0 Å². The predicted octanol–water partition coefficient (Wildman–Crippen LogP) is 2.20. The van der Waals surface area contributed by atoms with Crippen LogP contribution in [-0.4, -0.2) is 17.1 Å². The minimum atomic E-state index is -0.768. The molecule has 0 bridgehead atoms. The van der Waals surface area contributed by atoms with Crippen LogP contribution in [0.25, 0.3) is 0 Å². The molecule has 0 aliphatic heterocycles. The monoisotopic (exact) mass is 207 g/mol. The fraction of sp³-hybridized carbons (Fsp3) is 0.417. The van der Waals surface area contributed by atoms with E-state index >= 15 is 0 Å². The van der Waals surface area contributed by atoms with Gasteiger partial charge in [0.2, 0.25) is 0 Å². The molecule has 2 N–H and O–H groups in total. The van der Waals surface area contributed by atoms with E-state index in [0.717, 1.165) is 0 Å². The quantitative estimate of drug-likeness (QED) is 0.778. The van der Waals surface area contributed by atoms with E-state index in [9.17, 15) is 4.79 Å². The maximum absolute atomic E-state index is 10.5. The lowest BCUT2D eigenvalue weighted by molar-refractivity contribution is -0.137. The van der Waals surface area contributed by atoms with Gasteiger partial charge in [-0.15, -0.1) is 0 Å². The Hall–Kier alpha value is -1.35. The highest BCUT2D eigenvalue weighted by Gasteiger charge is 2.11. The summed E-state index contributed by atoms with van der Waals surface area (Å²) in [5, 5.41) is 11.9. The lowest BCUT2D eigenvalue weighted by Crippen LogP contribution is -2.30. The first kappa shape index (κ1) is 11.7. The molecule has 0 aliphatic rings.